The van der Waals surface area contributed by atoms with Gasteiger partial charge in [0.05, 0.1) is 5.41 Å². The number of imide groups is 1. The minimum absolute atomic E-state index is 0.0759. The van der Waals surface area contributed by atoms with E-state index in [-0.39, 0.29) is 19.0 Å². The van der Waals surface area contributed by atoms with E-state index in [4.69, 9.17) is 5.73 Å². The number of nitrogens with zero attached hydrogens (tertiary/aromatic N) is 1. The Labute approximate surface area is 107 Å². The molecule has 6 heteroatoms. The van der Waals surface area contributed by atoms with Crippen LogP contribution >= 0.6 is 0 Å². The zero-order valence-electron chi connectivity index (χ0n) is 11.2. The zero-order valence-corrected chi connectivity index (χ0v) is 11.2. The largest absolute Gasteiger partial charge is 0.329 e. The number of nitrogens with one attached hydrogen (secondary N) is 1. The Balaban J connectivity index is 3.00. The minimum Gasteiger partial charge on any atom is -0.329 e. The van der Waals surface area contributed by atoms with Gasteiger partial charge in [-0.3, -0.25) is 19.7 Å². The van der Waals surface area contributed by atoms with Gasteiger partial charge in [0.25, 0.3) is 0 Å². The molecule has 18 heavy (non-hydrogen) atoms. The van der Waals surface area contributed by atoms with E-state index < -0.39 is 23.3 Å². The maximum Gasteiger partial charge on any atom is 0.249 e. The molecule has 1 atom stereocenters. The van der Waals surface area contributed by atoms with Crippen LogP contribution in [0.5, 0.6) is 0 Å². The smallest absolute Gasteiger partial charge is 0.249 e. The van der Waals surface area contributed by atoms with Crippen LogP contribution in [0.1, 0.15) is 33.6 Å². The van der Waals surface area contributed by atoms with Crippen molar-refractivity contribution in [2.75, 3.05) is 13.1 Å². The van der Waals surface area contributed by atoms with Crippen LogP contribution in [0.4, 0.5) is 0 Å². The lowest BCUT2D eigenvalue weighted by Gasteiger charge is -2.39. The Kier molecular flexibility index (Phi) is 4.45. The Hall–Kier alpha value is -1.43. The number of carbonyl (C=O) groups is 3. The van der Waals surface area contributed by atoms with E-state index in [0.717, 1.165) is 0 Å². The predicted molar refractivity (Wildman–Crippen MR) is 66.4 cm³/mol. The Bertz CT molecular complexity index is 355. The van der Waals surface area contributed by atoms with Crippen LogP contribution in [0, 0.1) is 5.41 Å². The molecular formula is C12H21N3O3. The Morgan fingerprint density at radius 3 is 2.44 bits per heavy atom. The van der Waals surface area contributed by atoms with Crippen molar-refractivity contribution in [1.82, 2.24) is 10.2 Å². The molecule has 102 valence electrons. The maximum absolute atomic E-state index is 12.5. The highest BCUT2D eigenvalue weighted by Gasteiger charge is 2.42. The van der Waals surface area contributed by atoms with Gasteiger partial charge in [-0.25, -0.2) is 0 Å². The van der Waals surface area contributed by atoms with E-state index >= 15 is 0 Å². The molecule has 6 nitrogen and oxygen atoms in total. The molecule has 1 rings (SSSR count). The first-order valence-corrected chi connectivity index (χ1v) is 6.26. The van der Waals surface area contributed by atoms with E-state index in [2.05, 4.69) is 5.32 Å². The molecule has 1 heterocycles. The summed E-state index contributed by atoms with van der Waals surface area (Å²) < 4.78 is 0. The van der Waals surface area contributed by atoms with Gasteiger partial charge < -0.3 is 10.6 Å². The number of piperazine rings is 1. The Morgan fingerprint density at radius 2 is 2.00 bits per heavy atom. The predicted octanol–water partition coefficient (Wildman–Crippen LogP) is -0.375. The van der Waals surface area contributed by atoms with Gasteiger partial charge in [0.1, 0.15) is 12.6 Å². The number of hydrogen-bond acceptors (Lipinski definition) is 4. The zero-order chi connectivity index (χ0) is 13.9. The number of hydrogen-bond donors (Lipinski definition) is 2. The van der Waals surface area contributed by atoms with Crippen LogP contribution in [0.2, 0.25) is 0 Å². The molecule has 0 spiro atoms. The van der Waals surface area contributed by atoms with E-state index in [9.17, 15) is 14.4 Å². The summed E-state index contributed by atoms with van der Waals surface area (Å²) in [7, 11) is 0. The van der Waals surface area contributed by atoms with Gasteiger partial charge in [0.15, 0.2) is 0 Å². The van der Waals surface area contributed by atoms with Gasteiger partial charge in [-0.2, -0.15) is 0 Å². The van der Waals surface area contributed by atoms with E-state index in [0.29, 0.717) is 12.8 Å². The molecule has 1 unspecified atom stereocenters. The molecule has 0 saturated carbocycles. The summed E-state index contributed by atoms with van der Waals surface area (Å²) in [6.07, 6.45) is 1.19. The highest BCUT2D eigenvalue weighted by Crippen LogP contribution is 2.29. The summed E-state index contributed by atoms with van der Waals surface area (Å²) in [6.45, 7) is 5.55. The molecule has 0 aromatic carbocycles. The summed E-state index contributed by atoms with van der Waals surface area (Å²) in [6, 6.07) is -0.626. The van der Waals surface area contributed by atoms with Crippen LogP contribution in [-0.2, 0) is 14.4 Å². The monoisotopic (exact) mass is 255 g/mol. The van der Waals surface area contributed by atoms with Gasteiger partial charge in [-0.1, -0.05) is 13.8 Å². The standard InChI is InChI=1S/C12H21N3O3/c1-4-12(5-2,7-13)11(18)15-6-9(16)14-10(17)8(15)3/h8H,4-7,13H2,1-3H3,(H,14,16,17). The Morgan fingerprint density at radius 1 is 1.44 bits per heavy atom. The van der Waals surface area contributed by atoms with Crippen molar-refractivity contribution in [2.45, 2.75) is 39.7 Å². The molecule has 1 aliphatic heterocycles. The first-order valence-electron chi connectivity index (χ1n) is 6.26. The highest BCUT2D eigenvalue weighted by molar-refractivity contribution is 6.04. The lowest BCUT2D eigenvalue weighted by atomic mass is 9.80. The number of carbonyl (C=O) groups excluding carboxylic acids is 3. The highest BCUT2D eigenvalue weighted by atomic mass is 16.2. The molecule has 3 N–H and O–H groups in total. The van der Waals surface area contributed by atoms with Gasteiger partial charge >= 0.3 is 0 Å². The molecule has 1 aliphatic rings. The third kappa shape index (κ3) is 2.38. The average Bonchev–Trinajstić information content (AvgIpc) is 2.36. The number of amides is 3. The fraction of sp³-hybridized carbons (Fsp3) is 0.750. The molecule has 3 amide bonds. The minimum atomic E-state index is -0.674. The van der Waals surface area contributed by atoms with Crippen molar-refractivity contribution in [3.63, 3.8) is 0 Å². The molecule has 0 aliphatic carbocycles. The van der Waals surface area contributed by atoms with Gasteiger partial charge in [-0.15, -0.1) is 0 Å². The summed E-state index contributed by atoms with van der Waals surface area (Å²) in [5.74, 6) is -1.08. The van der Waals surface area contributed by atoms with E-state index in [1.807, 2.05) is 13.8 Å². The topological polar surface area (TPSA) is 92.5 Å². The van der Waals surface area contributed by atoms with Crippen LogP contribution in [0.3, 0.4) is 0 Å². The normalized spacial score (nSPS) is 20.9. The first-order chi connectivity index (χ1) is 8.41. The second-order valence-corrected chi connectivity index (χ2v) is 4.71. The fourth-order valence-corrected chi connectivity index (χ4v) is 2.20. The second-order valence-electron chi connectivity index (χ2n) is 4.71. The van der Waals surface area contributed by atoms with Gasteiger partial charge in [0, 0.05) is 6.54 Å². The van der Waals surface area contributed by atoms with Crippen molar-refractivity contribution >= 4 is 17.7 Å². The maximum atomic E-state index is 12.5. The molecule has 0 bridgehead atoms. The third-order valence-electron chi connectivity index (χ3n) is 3.88. The summed E-state index contributed by atoms with van der Waals surface area (Å²) in [5, 5.41) is 2.22. The van der Waals surface area contributed by atoms with Crippen molar-refractivity contribution in [1.29, 1.82) is 0 Å². The SMILES string of the molecule is CCC(CC)(CN)C(=O)N1CC(=O)NC(=O)C1C. The lowest BCUT2D eigenvalue weighted by Crippen LogP contribution is -2.62. The molecule has 1 saturated heterocycles. The van der Waals surface area contributed by atoms with Gasteiger partial charge in [-0.05, 0) is 19.8 Å². The quantitative estimate of drug-likeness (QED) is 0.670. The summed E-state index contributed by atoms with van der Waals surface area (Å²) in [5.41, 5.74) is 5.04. The van der Waals surface area contributed by atoms with E-state index in [1.54, 1.807) is 6.92 Å². The van der Waals surface area contributed by atoms with Crippen LogP contribution in [0.25, 0.3) is 0 Å². The van der Waals surface area contributed by atoms with Gasteiger partial charge in [0.2, 0.25) is 17.7 Å². The fourth-order valence-electron chi connectivity index (χ4n) is 2.20. The van der Waals surface area contributed by atoms with Crippen molar-refractivity contribution in [3.05, 3.63) is 0 Å². The summed E-state index contributed by atoms with van der Waals surface area (Å²) >= 11 is 0. The molecule has 0 aromatic rings. The molecular weight excluding hydrogens is 234 g/mol. The third-order valence-corrected chi connectivity index (χ3v) is 3.88. The molecule has 0 radical (unpaired) electrons. The van der Waals surface area contributed by atoms with Crippen LogP contribution in [0.15, 0.2) is 0 Å². The molecule has 0 aromatic heterocycles. The average molecular weight is 255 g/mol. The number of rotatable bonds is 4. The first kappa shape index (κ1) is 14.6. The van der Waals surface area contributed by atoms with Crippen LogP contribution < -0.4 is 11.1 Å². The van der Waals surface area contributed by atoms with Crippen molar-refractivity contribution in [2.24, 2.45) is 11.1 Å². The van der Waals surface area contributed by atoms with E-state index in [1.165, 1.54) is 4.90 Å². The number of nitrogens with two attached hydrogens (primary N) is 1. The summed E-state index contributed by atoms with van der Waals surface area (Å²) in [4.78, 5) is 36.8. The van der Waals surface area contributed by atoms with Crippen molar-refractivity contribution in [3.8, 4) is 0 Å². The van der Waals surface area contributed by atoms with Crippen molar-refractivity contribution < 1.29 is 14.4 Å². The lowest BCUT2D eigenvalue weighted by molar-refractivity contribution is -0.155. The second kappa shape index (κ2) is 5.48. The molecule has 1 fully saturated rings. The van der Waals surface area contributed by atoms with Crippen LogP contribution in [-0.4, -0.2) is 41.8 Å².